The Hall–Kier alpha value is 0.673. The molecule has 0 aromatic rings. The fourth-order valence-electron chi connectivity index (χ4n) is 0. The number of hydrogen-bond acceptors (Lipinski definition) is 0. The van der Waals surface area contributed by atoms with Gasteiger partial charge in [0.15, 0.2) is 0 Å². The molecule has 0 atom stereocenters. The van der Waals surface area contributed by atoms with Crippen LogP contribution in [0.4, 0.5) is 13.2 Å². The molecule has 4 heteroatoms. The quantitative estimate of drug-likeness (QED) is 0.563. The van der Waals surface area contributed by atoms with Crippen LogP contribution in [0.2, 0.25) is 0 Å². The maximum absolute atomic E-state index is 10.4. The summed E-state index contributed by atoms with van der Waals surface area (Å²) in [5.41, 5.74) is 0. The molecule has 0 aliphatic carbocycles. The summed E-state index contributed by atoms with van der Waals surface area (Å²) >= 11 is -0.692. The third-order valence-electron chi connectivity index (χ3n) is 0. The van der Waals surface area contributed by atoms with Gasteiger partial charge in [-0.05, 0) is 0 Å². The van der Waals surface area contributed by atoms with Gasteiger partial charge in [-0.1, -0.05) is 0 Å². The molecule has 1 radical (unpaired) electrons. The zero-order valence-electron chi connectivity index (χ0n) is 2.13. The molecule has 31 valence electrons. The van der Waals surface area contributed by atoms with Gasteiger partial charge in [0.1, 0.15) is 0 Å². The van der Waals surface area contributed by atoms with Crippen molar-refractivity contribution in [2.24, 2.45) is 0 Å². The van der Waals surface area contributed by atoms with Crippen molar-refractivity contribution in [3.63, 3.8) is 0 Å². The molecule has 0 rings (SSSR count). The second-order valence-corrected chi connectivity index (χ2v) is 2.70. The van der Waals surface area contributed by atoms with E-state index in [1.54, 1.807) is 0 Å². The van der Waals surface area contributed by atoms with E-state index in [9.17, 15) is 13.2 Å². The van der Waals surface area contributed by atoms with Gasteiger partial charge in [0, 0.05) is 0 Å². The first-order valence-electron chi connectivity index (χ1n) is 0.817. The van der Waals surface area contributed by atoms with E-state index < -0.39 is 28.6 Å². The van der Waals surface area contributed by atoms with E-state index in [1.807, 2.05) is 0 Å². The Morgan fingerprint density at radius 1 is 1.20 bits per heavy atom. The average molecular weight is 279 g/mol. The molecule has 0 spiro atoms. The fourth-order valence-corrected chi connectivity index (χ4v) is 0. The second kappa shape index (κ2) is 1.42. The van der Waals surface area contributed by atoms with Crippen LogP contribution in [0, 0.1) is 0 Å². The van der Waals surface area contributed by atoms with Crippen molar-refractivity contribution in [1.82, 2.24) is 0 Å². The summed E-state index contributed by atoms with van der Waals surface area (Å²) in [6.45, 7) is 0. The molecule has 0 unspecified atom stereocenters. The molecule has 0 aliphatic rings. The first kappa shape index (κ1) is 5.67. The van der Waals surface area contributed by atoms with E-state index in [0.717, 1.165) is 0 Å². The molecular weight excluding hydrogens is 278 g/mol. The van der Waals surface area contributed by atoms with Crippen molar-refractivity contribution in [2.75, 3.05) is 0 Å². The predicted octanol–water partition coefficient (Wildman–Crippen LogP) is 0.407. The van der Waals surface area contributed by atoms with E-state index in [-0.39, 0.29) is 0 Å². The van der Waals surface area contributed by atoms with E-state index in [2.05, 4.69) is 0 Å². The summed E-state index contributed by atoms with van der Waals surface area (Å²) in [7, 11) is 0. The van der Waals surface area contributed by atoms with Crippen molar-refractivity contribution in [1.29, 1.82) is 0 Å². The van der Waals surface area contributed by atoms with Crippen molar-refractivity contribution >= 4 is 24.7 Å². The Balaban J connectivity index is 3.02. The molecule has 0 fully saturated rings. The third-order valence-corrected chi connectivity index (χ3v) is 0. The molecule has 0 aromatic heterocycles. The Bertz CT molecular complexity index is 22.4. The molecule has 0 aliphatic heterocycles. The Morgan fingerprint density at radius 3 is 1.20 bits per heavy atom. The van der Waals surface area contributed by atoms with Crippen LogP contribution in [-0.2, 0) is 0 Å². The average Bonchev–Trinajstić information content (AvgIpc) is 0.722. The van der Waals surface area contributed by atoms with Crippen molar-refractivity contribution in [3.05, 3.63) is 0 Å². The number of alkyl halides is 3. The maximum atomic E-state index is 10.4. The van der Waals surface area contributed by atoms with E-state index in [4.69, 9.17) is 0 Å². The van der Waals surface area contributed by atoms with Crippen LogP contribution in [0.3, 0.4) is 0 Å². The SMILES string of the molecule is F[C](F)(F)[BiH]. The number of rotatable bonds is 0. The predicted molar refractivity (Wildman–Crippen MR) is 13.2 cm³/mol. The first-order valence-corrected chi connectivity index (χ1v) is 2.76. The van der Waals surface area contributed by atoms with Gasteiger partial charge >= 0.3 is 41.8 Å². The molecule has 0 amide bonds. The number of hydrogen-bond donors (Lipinski definition) is 0. The van der Waals surface area contributed by atoms with Gasteiger partial charge in [0.25, 0.3) is 0 Å². The molecule has 0 saturated carbocycles. The molecule has 5 heavy (non-hydrogen) atoms. The van der Waals surface area contributed by atoms with Crippen LogP contribution >= 0.6 is 0 Å². The molecule has 0 aromatic carbocycles. The molecular formula is CHBiF3. The molecule has 0 saturated heterocycles. The van der Waals surface area contributed by atoms with Gasteiger partial charge < -0.3 is 0 Å². The van der Waals surface area contributed by atoms with Gasteiger partial charge in [0.05, 0.1) is 0 Å². The van der Waals surface area contributed by atoms with Crippen LogP contribution in [0.25, 0.3) is 0 Å². The monoisotopic (exact) mass is 279 g/mol. The minimum atomic E-state index is -3.86. The standard InChI is InChI=1S/CF3.Bi.H/c2-1(3)4;;. The Kier molecular flexibility index (Phi) is 1.61. The van der Waals surface area contributed by atoms with Gasteiger partial charge in [-0.25, -0.2) is 0 Å². The summed E-state index contributed by atoms with van der Waals surface area (Å²) in [5, 5.41) is 0. The summed E-state index contributed by atoms with van der Waals surface area (Å²) < 4.78 is 27.4. The van der Waals surface area contributed by atoms with Crippen LogP contribution in [-0.4, -0.2) is 28.6 Å². The van der Waals surface area contributed by atoms with Crippen molar-refractivity contribution < 1.29 is 13.2 Å². The van der Waals surface area contributed by atoms with E-state index in [0.29, 0.717) is 0 Å². The van der Waals surface area contributed by atoms with Crippen LogP contribution in [0.1, 0.15) is 0 Å². The second-order valence-electron chi connectivity index (χ2n) is 0.498. The van der Waals surface area contributed by atoms with Crippen LogP contribution < -0.4 is 0 Å². The van der Waals surface area contributed by atoms with Gasteiger partial charge in [-0.3, -0.25) is 0 Å². The van der Waals surface area contributed by atoms with E-state index in [1.165, 1.54) is 0 Å². The van der Waals surface area contributed by atoms with Crippen molar-refractivity contribution in [2.45, 2.75) is 3.88 Å². The summed E-state index contributed by atoms with van der Waals surface area (Å²) in [4.78, 5) is 0. The summed E-state index contributed by atoms with van der Waals surface area (Å²) in [6, 6.07) is 0. The topological polar surface area (TPSA) is 0 Å². The normalized spacial score (nSPS) is 12.0. The molecule has 0 heterocycles. The van der Waals surface area contributed by atoms with Gasteiger partial charge in [0.2, 0.25) is 0 Å². The van der Waals surface area contributed by atoms with Gasteiger partial charge in [-0.15, -0.1) is 0 Å². The Labute approximate surface area is 42.2 Å². The third kappa shape index (κ3) is 73.7. The van der Waals surface area contributed by atoms with Crippen molar-refractivity contribution in [3.8, 4) is 0 Å². The molecule has 0 bridgehead atoms. The van der Waals surface area contributed by atoms with Crippen LogP contribution in [0.5, 0.6) is 0 Å². The minimum absolute atomic E-state index is 0.692. The zero-order valence-corrected chi connectivity index (χ0v) is 6.02. The fraction of sp³-hybridized carbons (Fsp3) is 1.00. The van der Waals surface area contributed by atoms with Crippen LogP contribution in [0.15, 0.2) is 0 Å². The van der Waals surface area contributed by atoms with Gasteiger partial charge in [-0.2, -0.15) is 0 Å². The van der Waals surface area contributed by atoms with E-state index >= 15 is 0 Å². The first-order chi connectivity index (χ1) is 2.00. The Morgan fingerprint density at radius 2 is 1.20 bits per heavy atom. The molecule has 0 N–H and O–H groups in total. The summed E-state index contributed by atoms with van der Waals surface area (Å²) in [6.07, 6.45) is 0. The zero-order chi connectivity index (χ0) is 4.50. The number of halogens is 3. The summed E-state index contributed by atoms with van der Waals surface area (Å²) in [5.74, 6) is 0. The molecule has 0 nitrogen and oxygen atoms in total.